The number of allylic oxidation sites excluding steroid dienone is 10. The lowest BCUT2D eigenvalue weighted by Crippen LogP contribution is -1.83. The van der Waals surface area contributed by atoms with E-state index in [4.69, 9.17) is 0 Å². The molecule has 0 fully saturated rings. The lowest BCUT2D eigenvalue weighted by molar-refractivity contribution is 0.888. The Labute approximate surface area is 191 Å². The molecule has 0 radical (unpaired) electrons. The van der Waals surface area contributed by atoms with Crippen molar-refractivity contribution in [1.82, 2.24) is 0 Å². The van der Waals surface area contributed by atoms with Crippen LogP contribution in [-0.2, 0) is 6.42 Å². The molecule has 1 rings (SSSR count). The summed E-state index contributed by atoms with van der Waals surface area (Å²) in [6.07, 6.45) is 25.9. The molecule has 0 amide bonds. The average Bonchev–Trinajstić information content (AvgIpc) is 3.22. The van der Waals surface area contributed by atoms with Crippen LogP contribution in [0.15, 0.2) is 75.6 Å². The molecule has 0 atom stereocenters. The fraction of sp³-hybridized carbons (Fsp3) is 0.517. The maximum Gasteiger partial charge on any atom is -0.00611 e. The van der Waals surface area contributed by atoms with Crippen LogP contribution in [0.2, 0.25) is 0 Å². The van der Waals surface area contributed by atoms with Gasteiger partial charge in [0.1, 0.15) is 0 Å². The highest BCUT2D eigenvalue weighted by Crippen LogP contribution is 2.15. The molecule has 0 N–H and O–H groups in total. The van der Waals surface area contributed by atoms with Gasteiger partial charge in [0.2, 0.25) is 0 Å². The first kappa shape index (κ1) is 26.4. The summed E-state index contributed by atoms with van der Waals surface area (Å²) in [6, 6.07) is 2.24. The van der Waals surface area contributed by atoms with Gasteiger partial charge in [-0.05, 0) is 121 Å². The second-order valence-electron chi connectivity index (χ2n) is 8.60. The van der Waals surface area contributed by atoms with Crippen molar-refractivity contribution in [2.24, 2.45) is 0 Å². The zero-order chi connectivity index (χ0) is 22.0. The topological polar surface area (TPSA) is 0 Å². The Kier molecular flexibility index (Phi) is 15.1. The standard InChI is InChI=1S/C29H44S/c1-6-7-8-13-25(2)14-9-15-26(3)16-10-17-27(4)18-11-19-28(5)20-12-21-29-22-23-30-24-29/h6-7,14,16,18,20,22-24H,8-13,15,17,19,21H2,1-5H3/b7-6-,25-14+,26-16+,27-18+,28-20+. The molecule has 0 saturated carbocycles. The number of aryl methyl sites for hydroxylation is 1. The predicted octanol–water partition coefficient (Wildman–Crippen LogP) is 10.2. The molecule has 0 spiro atoms. The van der Waals surface area contributed by atoms with Crippen LogP contribution in [0, 0.1) is 0 Å². The van der Waals surface area contributed by atoms with Gasteiger partial charge >= 0.3 is 0 Å². The lowest BCUT2D eigenvalue weighted by atomic mass is 10.0. The second kappa shape index (κ2) is 17.1. The van der Waals surface area contributed by atoms with E-state index in [9.17, 15) is 0 Å². The third-order valence-corrected chi connectivity index (χ3v) is 6.27. The largest absolute Gasteiger partial charge is 0.152 e. The number of thiophene rings is 1. The minimum absolute atomic E-state index is 1.17. The first-order valence-electron chi connectivity index (χ1n) is 11.8. The van der Waals surface area contributed by atoms with Crippen molar-refractivity contribution in [3.8, 4) is 0 Å². The molecule has 0 aliphatic heterocycles. The van der Waals surface area contributed by atoms with Gasteiger partial charge < -0.3 is 0 Å². The molecule has 1 heterocycles. The Bertz CT molecular complexity index is 708. The van der Waals surface area contributed by atoms with E-state index in [0.717, 1.165) is 0 Å². The molecule has 1 aromatic rings. The van der Waals surface area contributed by atoms with Crippen LogP contribution in [0.5, 0.6) is 0 Å². The summed E-state index contributed by atoms with van der Waals surface area (Å²) >= 11 is 1.79. The summed E-state index contributed by atoms with van der Waals surface area (Å²) in [5.74, 6) is 0. The molecule has 0 nitrogen and oxygen atoms in total. The van der Waals surface area contributed by atoms with Gasteiger partial charge in [-0.1, -0.05) is 58.7 Å². The summed E-state index contributed by atoms with van der Waals surface area (Å²) in [4.78, 5) is 0. The fourth-order valence-corrected chi connectivity index (χ4v) is 4.15. The van der Waals surface area contributed by atoms with Crippen LogP contribution in [0.25, 0.3) is 0 Å². The van der Waals surface area contributed by atoms with E-state index in [-0.39, 0.29) is 0 Å². The number of hydrogen-bond acceptors (Lipinski definition) is 1. The van der Waals surface area contributed by atoms with Crippen molar-refractivity contribution in [2.75, 3.05) is 0 Å². The van der Waals surface area contributed by atoms with Crippen LogP contribution < -0.4 is 0 Å². The highest BCUT2D eigenvalue weighted by Gasteiger charge is 1.95. The van der Waals surface area contributed by atoms with Gasteiger partial charge in [-0.2, -0.15) is 11.3 Å². The molecule has 0 bridgehead atoms. The zero-order valence-electron chi connectivity index (χ0n) is 20.2. The van der Waals surface area contributed by atoms with E-state index in [2.05, 4.69) is 87.9 Å². The van der Waals surface area contributed by atoms with Crippen molar-refractivity contribution in [2.45, 2.75) is 98.8 Å². The first-order chi connectivity index (χ1) is 14.5. The summed E-state index contributed by atoms with van der Waals surface area (Å²) in [5.41, 5.74) is 7.59. The Morgan fingerprint density at radius 3 is 1.60 bits per heavy atom. The highest BCUT2D eigenvalue weighted by atomic mass is 32.1. The molecule has 1 aromatic heterocycles. The summed E-state index contributed by atoms with van der Waals surface area (Å²) in [5, 5.41) is 4.43. The fourth-order valence-electron chi connectivity index (χ4n) is 3.44. The molecular formula is C29H44S. The van der Waals surface area contributed by atoms with Crippen LogP contribution in [-0.4, -0.2) is 0 Å². The van der Waals surface area contributed by atoms with Crippen LogP contribution >= 0.6 is 11.3 Å². The molecule has 0 aliphatic carbocycles. The van der Waals surface area contributed by atoms with Gasteiger partial charge in [-0.3, -0.25) is 0 Å². The van der Waals surface area contributed by atoms with Gasteiger partial charge in [-0.25, -0.2) is 0 Å². The molecule has 30 heavy (non-hydrogen) atoms. The Morgan fingerprint density at radius 1 is 0.700 bits per heavy atom. The second-order valence-corrected chi connectivity index (χ2v) is 9.38. The maximum absolute atomic E-state index is 2.44. The number of hydrogen-bond donors (Lipinski definition) is 0. The molecule has 166 valence electrons. The molecule has 1 heteroatoms. The molecule has 0 aromatic carbocycles. The SMILES string of the molecule is C/C=C\CC/C(C)=C/CC/C(C)=C/CC/C(C)=C/CC/C(C)=C/CCc1ccsc1. The Morgan fingerprint density at radius 2 is 1.17 bits per heavy atom. The molecular weight excluding hydrogens is 380 g/mol. The highest BCUT2D eigenvalue weighted by molar-refractivity contribution is 7.07. The van der Waals surface area contributed by atoms with Gasteiger partial charge in [0.25, 0.3) is 0 Å². The van der Waals surface area contributed by atoms with Crippen molar-refractivity contribution in [1.29, 1.82) is 0 Å². The van der Waals surface area contributed by atoms with Gasteiger partial charge in [-0.15, -0.1) is 0 Å². The quantitative estimate of drug-likeness (QED) is 0.246. The molecule has 0 saturated heterocycles. The van der Waals surface area contributed by atoms with Crippen LogP contribution in [0.4, 0.5) is 0 Å². The summed E-state index contributed by atoms with van der Waals surface area (Å²) in [7, 11) is 0. The van der Waals surface area contributed by atoms with Gasteiger partial charge in [0.15, 0.2) is 0 Å². The average molecular weight is 425 g/mol. The van der Waals surface area contributed by atoms with Crippen molar-refractivity contribution in [3.05, 3.63) is 81.1 Å². The van der Waals surface area contributed by atoms with Crippen molar-refractivity contribution in [3.63, 3.8) is 0 Å². The Hall–Kier alpha value is -1.60. The minimum atomic E-state index is 1.17. The third-order valence-electron chi connectivity index (χ3n) is 5.54. The minimum Gasteiger partial charge on any atom is -0.152 e. The Balaban J connectivity index is 2.18. The smallest absolute Gasteiger partial charge is 0.00611 e. The predicted molar refractivity (Wildman–Crippen MR) is 139 cm³/mol. The van der Waals surface area contributed by atoms with Gasteiger partial charge in [0.05, 0.1) is 0 Å². The first-order valence-corrected chi connectivity index (χ1v) is 12.7. The number of rotatable bonds is 15. The summed E-state index contributed by atoms with van der Waals surface area (Å²) in [6.45, 7) is 11.2. The third kappa shape index (κ3) is 14.4. The van der Waals surface area contributed by atoms with Crippen molar-refractivity contribution >= 4 is 11.3 Å². The van der Waals surface area contributed by atoms with E-state index >= 15 is 0 Å². The van der Waals surface area contributed by atoms with Gasteiger partial charge in [0, 0.05) is 0 Å². The lowest BCUT2D eigenvalue weighted by Gasteiger charge is -2.03. The summed E-state index contributed by atoms with van der Waals surface area (Å²) < 4.78 is 0. The zero-order valence-corrected chi connectivity index (χ0v) is 21.0. The van der Waals surface area contributed by atoms with Crippen LogP contribution in [0.3, 0.4) is 0 Å². The van der Waals surface area contributed by atoms with E-state index in [1.54, 1.807) is 11.3 Å². The van der Waals surface area contributed by atoms with E-state index < -0.39 is 0 Å². The monoisotopic (exact) mass is 424 g/mol. The molecule has 0 unspecified atom stereocenters. The normalized spacial score (nSPS) is 14.2. The van der Waals surface area contributed by atoms with Crippen LogP contribution in [0.1, 0.15) is 98.0 Å². The van der Waals surface area contributed by atoms with Crippen molar-refractivity contribution < 1.29 is 0 Å². The van der Waals surface area contributed by atoms with E-state index in [0.29, 0.717) is 0 Å². The van der Waals surface area contributed by atoms with E-state index in [1.807, 2.05) is 0 Å². The molecule has 0 aliphatic rings. The maximum atomic E-state index is 2.44. The van der Waals surface area contributed by atoms with E-state index in [1.165, 1.54) is 92.1 Å².